The van der Waals surface area contributed by atoms with Gasteiger partial charge in [0.25, 0.3) is 18.8 Å². The van der Waals surface area contributed by atoms with E-state index in [0.29, 0.717) is 23.6 Å². The number of amides is 1. The number of rotatable bonds is 15. The van der Waals surface area contributed by atoms with Crippen LogP contribution in [0.3, 0.4) is 0 Å². The lowest BCUT2D eigenvalue weighted by molar-refractivity contribution is -0.123. The number of anilines is 1. The van der Waals surface area contributed by atoms with Gasteiger partial charge in [-0.05, 0) is 87.3 Å². The van der Waals surface area contributed by atoms with Gasteiger partial charge < -0.3 is 5.32 Å². The highest BCUT2D eigenvalue weighted by Gasteiger charge is 2.67. The molecule has 3 aliphatic carbocycles. The average Bonchev–Trinajstić information content (AvgIpc) is 4.10. The van der Waals surface area contributed by atoms with Gasteiger partial charge in [0.2, 0.25) is 15.9 Å². The molecular formula is C41H36ClF8N7O5S2. The van der Waals surface area contributed by atoms with E-state index in [1.54, 1.807) is 13.8 Å². The van der Waals surface area contributed by atoms with Gasteiger partial charge >= 0.3 is 0 Å². The molecule has 0 saturated heterocycles. The first kappa shape index (κ1) is 45.3. The number of carbonyl (C=O) groups is 1. The number of sulfonamides is 1. The number of hydrogen-bond acceptors (Lipinski definition) is 8. The molecule has 0 radical (unpaired) electrons. The summed E-state index contributed by atoms with van der Waals surface area (Å²) >= 11 is 6.63. The van der Waals surface area contributed by atoms with Crippen LogP contribution in [0.2, 0.25) is 5.02 Å². The van der Waals surface area contributed by atoms with Crippen LogP contribution in [-0.2, 0) is 51.0 Å². The van der Waals surface area contributed by atoms with Crippen LogP contribution in [0.25, 0.3) is 22.0 Å². The molecule has 1 amide bonds. The lowest BCUT2D eigenvalue weighted by Gasteiger charge is -2.23. The Morgan fingerprint density at radius 2 is 1.69 bits per heavy atom. The summed E-state index contributed by atoms with van der Waals surface area (Å²) in [6, 6.07) is 6.43. The predicted octanol–water partition coefficient (Wildman–Crippen LogP) is 7.63. The quantitative estimate of drug-likeness (QED) is 0.0550. The van der Waals surface area contributed by atoms with Gasteiger partial charge in [0.05, 0.1) is 38.7 Å². The normalized spacial score (nSPS) is 18.3. The number of thiol groups is 1. The second kappa shape index (κ2) is 16.6. The maximum Gasteiger partial charge on any atom is 0.293 e. The molecule has 0 unspecified atom stereocenters. The van der Waals surface area contributed by atoms with Gasteiger partial charge in [0.1, 0.15) is 52.5 Å². The minimum absolute atomic E-state index is 0.0230. The van der Waals surface area contributed by atoms with Crippen molar-refractivity contribution < 1.29 is 56.8 Å². The van der Waals surface area contributed by atoms with E-state index < -0.39 is 116 Å². The van der Waals surface area contributed by atoms with Crippen LogP contribution in [0.4, 0.5) is 40.9 Å². The smallest absolute Gasteiger partial charge is 0.293 e. The largest absolute Gasteiger partial charge is 0.346 e. The van der Waals surface area contributed by atoms with E-state index in [1.165, 1.54) is 24.3 Å². The van der Waals surface area contributed by atoms with Crippen LogP contribution in [0.1, 0.15) is 85.4 Å². The van der Waals surface area contributed by atoms with Crippen molar-refractivity contribution in [2.24, 2.45) is 11.3 Å². The van der Waals surface area contributed by atoms with Crippen LogP contribution >= 0.6 is 11.6 Å². The first-order chi connectivity index (χ1) is 30.0. The van der Waals surface area contributed by atoms with Crippen LogP contribution in [-0.4, -0.2) is 64.7 Å². The molecule has 12 nitrogen and oxygen atoms in total. The maximum absolute atomic E-state index is 15.5. The maximum atomic E-state index is 15.5. The summed E-state index contributed by atoms with van der Waals surface area (Å²) in [5.41, 5.74) is -3.51. The van der Waals surface area contributed by atoms with Crippen molar-refractivity contribution in [2.45, 2.75) is 88.6 Å². The summed E-state index contributed by atoms with van der Waals surface area (Å²) in [5.74, 6) is -3.92. The number of pyridine rings is 1. The van der Waals surface area contributed by atoms with Gasteiger partial charge in [0, 0.05) is 34.1 Å². The highest BCUT2D eigenvalue weighted by molar-refractivity contribution is 7.93. The van der Waals surface area contributed by atoms with E-state index in [4.69, 9.17) is 11.6 Å². The third kappa shape index (κ3) is 9.02. The molecular weight excluding hydrogens is 922 g/mol. The van der Waals surface area contributed by atoms with Crippen LogP contribution < -0.4 is 10.0 Å². The van der Waals surface area contributed by atoms with Crippen molar-refractivity contribution in [2.75, 3.05) is 10.5 Å². The molecule has 0 aliphatic heterocycles. The summed E-state index contributed by atoms with van der Waals surface area (Å²) in [6.45, 7) is 1.00. The molecule has 2 fully saturated rings. The van der Waals surface area contributed by atoms with Crippen LogP contribution in [0.5, 0.6) is 0 Å². The number of nitrogens with one attached hydrogen (secondary N) is 2. The number of aromatic nitrogens is 5. The summed E-state index contributed by atoms with van der Waals surface area (Å²) in [7, 11) is -6.91. The molecule has 3 heterocycles. The summed E-state index contributed by atoms with van der Waals surface area (Å²) < 4.78 is 170. The van der Waals surface area contributed by atoms with E-state index in [9.17, 15) is 48.0 Å². The highest BCUT2D eigenvalue weighted by atomic mass is 35.5. The molecule has 0 spiro atoms. The molecule has 2 saturated carbocycles. The van der Waals surface area contributed by atoms with E-state index in [0.717, 1.165) is 16.8 Å². The van der Waals surface area contributed by atoms with Crippen molar-refractivity contribution in [3.63, 3.8) is 0 Å². The Morgan fingerprint density at radius 1 is 1.00 bits per heavy atom. The Balaban J connectivity index is 1.31. The molecule has 23 heteroatoms. The number of halogens is 9. The fraction of sp³-hybridized carbons (Fsp3) is 0.415. The standard InChI is InChI=1S/C41H36ClF8N7O5S2/c1-40(2,18-63(59)60)10-9-22-3-6-24(25-7-8-28(42)33-36(25)56(16-30(45)46)54-39(33)55-64(61,62)23-4-5-23)34(51-22)29(13-19-11-20(43)14-21(44)12-19)52-31(58)17-57-37-32(35(53-57)38(47)48)26-15-27(26)41(37,49)50/h3,6-8,11-12,14,23,26-27,29-30,38,63H,4-5,13,15-18H2,1-2H3,(H,52,58)(H,54,55)/t26-,27+,29-/m0/s1. The minimum atomic E-state index is -4.03. The lowest BCUT2D eigenvalue weighted by atomic mass is 9.93. The molecule has 0 bridgehead atoms. The van der Waals surface area contributed by atoms with Crippen molar-refractivity contribution in [3.05, 3.63) is 93.0 Å². The zero-order valence-electron chi connectivity index (χ0n) is 33.5. The van der Waals surface area contributed by atoms with Crippen molar-refractivity contribution in [1.29, 1.82) is 0 Å². The number of carbonyl (C=O) groups excluding carboxylic acids is 1. The van der Waals surface area contributed by atoms with Gasteiger partial charge in [0.15, 0.2) is 5.82 Å². The van der Waals surface area contributed by atoms with Crippen molar-refractivity contribution in [3.8, 4) is 23.0 Å². The SMILES string of the molecule is CC(C)(C#Cc1ccc(-c2ccc(Cl)c3c(NS(=O)(=O)C4CC4)nn(CC(F)F)c23)c([C@H](Cc2cc(F)cc(F)c2)NC(=O)Cn2nc(C(F)F)c3c2C(F)(F)[C@@H]2C[C@H]32)n1)C[SH](=O)=O. The number of alkyl halides is 6. The van der Waals surface area contributed by atoms with Gasteiger partial charge in [-0.2, -0.15) is 19.0 Å². The molecule has 8 rings (SSSR count). The summed E-state index contributed by atoms with van der Waals surface area (Å²) in [4.78, 5) is 18.8. The molecule has 340 valence electrons. The molecule has 5 aromatic rings. The highest BCUT2D eigenvalue weighted by Crippen LogP contribution is 2.68. The van der Waals surface area contributed by atoms with Gasteiger partial charge in [-0.1, -0.05) is 23.6 Å². The second-order valence-corrected chi connectivity index (χ2v) is 20.0. The Hall–Kier alpha value is -5.27. The van der Waals surface area contributed by atoms with Crippen molar-refractivity contribution in [1.82, 2.24) is 29.9 Å². The number of benzene rings is 2. The van der Waals surface area contributed by atoms with E-state index in [1.807, 2.05) is 0 Å². The first-order valence-electron chi connectivity index (χ1n) is 19.7. The van der Waals surface area contributed by atoms with E-state index >= 15 is 8.78 Å². The predicted molar refractivity (Wildman–Crippen MR) is 218 cm³/mol. The van der Waals surface area contributed by atoms with E-state index in [2.05, 4.69) is 37.1 Å². The van der Waals surface area contributed by atoms with Gasteiger partial charge in [-0.15, -0.1) is 0 Å². The summed E-state index contributed by atoms with van der Waals surface area (Å²) in [6.07, 6.45) is -6.10. The zero-order valence-corrected chi connectivity index (χ0v) is 36.0. The average molecular weight is 958 g/mol. The Morgan fingerprint density at radius 3 is 2.33 bits per heavy atom. The Bertz CT molecular complexity index is 2950. The molecule has 3 aromatic heterocycles. The number of hydrogen-bond donors (Lipinski definition) is 3. The van der Waals surface area contributed by atoms with E-state index in [-0.39, 0.29) is 67.6 Å². The number of nitrogens with zero attached hydrogens (tertiary/aromatic N) is 5. The fourth-order valence-electron chi connectivity index (χ4n) is 8.20. The summed E-state index contributed by atoms with van der Waals surface area (Å²) in [5, 5.41) is 9.56. The number of fused-ring (bicyclic) bond motifs is 4. The third-order valence-corrected chi connectivity index (χ3v) is 14.3. The lowest BCUT2D eigenvalue weighted by Crippen LogP contribution is -2.35. The molecule has 2 N–H and O–H groups in total. The second-order valence-electron chi connectivity index (χ2n) is 16.6. The van der Waals surface area contributed by atoms with Crippen LogP contribution in [0, 0.1) is 34.8 Å². The van der Waals surface area contributed by atoms with Gasteiger partial charge in [-0.25, -0.2) is 48.2 Å². The fourth-order valence-corrected chi connectivity index (χ4v) is 10.5. The topological polar surface area (TPSA) is 158 Å². The van der Waals surface area contributed by atoms with Gasteiger partial charge in [-0.3, -0.25) is 18.9 Å². The Labute approximate surface area is 366 Å². The van der Waals surface area contributed by atoms with Crippen LogP contribution in [0.15, 0.2) is 42.5 Å². The molecule has 3 atom stereocenters. The van der Waals surface area contributed by atoms with Crippen molar-refractivity contribution >= 4 is 55.0 Å². The minimum Gasteiger partial charge on any atom is -0.346 e. The Kier molecular flexibility index (Phi) is 11.8. The monoisotopic (exact) mass is 957 g/mol. The first-order valence-corrected chi connectivity index (χ1v) is 23.0. The molecule has 2 aromatic carbocycles. The molecule has 64 heavy (non-hydrogen) atoms. The molecule has 3 aliphatic rings. The zero-order chi connectivity index (χ0) is 46.2. The third-order valence-electron chi connectivity index (χ3n) is 11.1.